The predicted octanol–water partition coefficient (Wildman–Crippen LogP) is 4.87. The van der Waals surface area contributed by atoms with E-state index in [1.165, 1.54) is 7.11 Å². The normalized spacial score (nSPS) is 11.5. The zero-order chi connectivity index (χ0) is 25.2. The number of carbonyl (C=O) groups is 2. The van der Waals surface area contributed by atoms with Crippen LogP contribution in [0.2, 0.25) is 0 Å². The Bertz CT molecular complexity index is 1220. The summed E-state index contributed by atoms with van der Waals surface area (Å²) in [5.41, 5.74) is 3.15. The standard InChI is InChI=1S/C28H28N2O5.ClH/c1-19(22-15-23(33-2)17-24(16-22)34-3)26(28(32)35-4)25(14-20-8-6-5-7-9-20)27(31)30-18-21-10-12-29-13-11-21;/h5-17H,18H2,1-4H3,(H,30,31);1H/b25-14+,26-19-;. The number of rotatable bonds is 9. The number of nitrogens with one attached hydrogen (secondary N) is 1. The highest BCUT2D eigenvalue weighted by molar-refractivity contribution is 6.16. The van der Waals surface area contributed by atoms with Gasteiger partial charge in [0.25, 0.3) is 5.91 Å². The van der Waals surface area contributed by atoms with Crippen LogP contribution >= 0.6 is 12.4 Å². The summed E-state index contributed by atoms with van der Waals surface area (Å²) in [6, 6.07) is 18.2. The summed E-state index contributed by atoms with van der Waals surface area (Å²) in [6.45, 7) is 2.03. The fourth-order valence-corrected chi connectivity index (χ4v) is 3.48. The third-order valence-corrected chi connectivity index (χ3v) is 5.38. The lowest BCUT2D eigenvalue weighted by Gasteiger charge is -2.16. The van der Waals surface area contributed by atoms with Gasteiger partial charge < -0.3 is 19.5 Å². The number of hydrogen-bond acceptors (Lipinski definition) is 6. The van der Waals surface area contributed by atoms with Crippen LogP contribution < -0.4 is 14.8 Å². The second kappa shape index (κ2) is 13.7. The number of benzene rings is 2. The van der Waals surface area contributed by atoms with Gasteiger partial charge in [-0.2, -0.15) is 0 Å². The Hall–Kier alpha value is -4.10. The lowest BCUT2D eigenvalue weighted by Crippen LogP contribution is -2.27. The van der Waals surface area contributed by atoms with Crippen molar-refractivity contribution in [2.45, 2.75) is 13.5 Å². The second-order valence-electron chi connectivity index (χ2n) is 7.60. The number of amides is 1. The summed E-state index contributed by atoms with van der Waals surface area (Å²) < 4.78 is 15.9. The molecule has 8 heteroatoms. The van der Waals surface area contributed by atoms with Crippen LogP contribution in [-0.4, -0.2) is 38.2 Å². The molecular weight excluding hydrogens is 480 g/mol. The molecule has 0 aliphatic carbocycles. The van der Waals surface area contributed by atoms with E-state index in [2.05, 4.69) is 10.3 Å². The van der Waals surface area contributed by atoms with Gasteiger partial charge in [-0.05, 0) is 59.5 Å². The van der Waals surface area contributed by atoms with Gasteiger partial charge in [-0.1, -0.05) is 30.3 Å². The molecule has 0 saturated carbocycles. The lowest BCUT2D eigenvalue weighted by molar-refractivity contribution is -0.136. The van der Waals surface area contributed by atoms with Crippen LogP contribution in [0.25, 0.3) is 11.6 Å². The molecule has 1 amide bonds. The molecule has 0 atom stereocenters. The number of carbonyl (C=O) groups excluding carboxylic acids is 2. The van der Waals surface area contributed by atoms with Crippen molar-refractivity contribution in [2.24, 2.45) is 0 Å². The van der Waals surface area contributed by atoms with Gasteiger partial charge in [0.15, 0.2) is 0 Å². The van der Waals surface area contributed by atoms with Gasteiger partial charge in [0.05, 0.1) is 32.5 Å². The summed E-state index contributed by atoms with van der Waals surface area (Å²) in [6.07, 6.45) is 4.99. The molecule has 0 radical (unpaired) electrons. The molecule has 36 heavy (non-hydrogen) atoms. The topological polar surface area (TPSA) is 86.8 Å². The molecule has 188 valence electrons. The Morgan fingerprint density at radius 2 is 1.53 bits per heavy atom. The molecule has 1 heterocycles. The summed E-state index contributed by atoms with van der Waals surface area (Å²) >= 11 is 0. The number of nitrogens with zero attached hydrogens (tertiary/aromatic N) is 1. The maximum Gasteiger partial charge on any atom is 0.338 e. The van der Waals surface area contributed by atoms with Crippen LogP contribution in [0.5, 0.6) is 11.5 Å². The Morgan fingerprint density at radius 1 is 0.917 bits per heavy atom. The molecule has 3 aromatic rings. The van der Waals surface area contributed by atoms with E-state index in [9.17, 15) is 9.59 Å². The minimum absolute atomic E-state index is 0. The number of methoxy groups -OCH3 is 3. The van der Waals surface area contributed by atoms with Crippen molar-refractivity contribution in [3.8, 4) is 11.5 Å². The van der Waals surface area contributed by atoms with E-state index in [1.54, 1.807) is 57.8 Å². The van der Waals surface area contributed by atoms with Gasteiger partial charge in [0.2, 0.25) is 0 Å². The lowest BCUT2D eigenvalue weighted by atomic mass is 9.93. The van der Waals surface area contributed by atoms with Crippen LogP contribution in [0.4, 0.5) is 0 Å². The fourth-order valence-electron chi connectivity index (χ4n) is 3.48. The highest BCUT2D eigenvalue weighted by Gasteiger charge is 2.25. The van der Waals surface area contributed by atoms with E-state index >= 15 is 0 Å². The SMILES string of the molecule is COC(=O)C(=C(/C)c1cc(OC)cc(OC)c1)/C(=C\c1ccccc1)C(=O)NCc1ccncc1.Cl. The molecule has 0 fully saturated rings. The van der Waals surface area contributed by atoms with Crippen molar-refractivity contribution in [3.05, 3.63) is 101 Å². The van der Waals surface area contributed by atoms with Crippen LogP contribution in [0.3, 0.4) is 0 Å². The summed E-state index contributed by atoms with van der Waals surface area (Å²) in [7, 11) is 4.38. The van der Waals surface area contributed by atoms with Crippen molar-refractivity contribution in [1.82, 2.24) is 10.3 Å². The average Bonchev–Trinajstić information content (AvgIpc) is 2.91. The Balaban J connectivity index is 0.00000456. The Labute approximate surface area is 217 Å². The van der Waals surface area contributed by atoms with Crippen molar-refractivity contribution in [3.63, 3.8) is 0 Å². The maximum absolute atomic E-state index is 13.5. The molecule has 0 saturated heterocycles. The van der Waals surface area contributed by atoms with Crippen LogP contribution in [0.15, 0.2) is 84.2 Å². The number of aromatic nitrogens is 1. The molecule has 0 unspecified atom stereocenters. The quantitative estimate of drug-likeness (QED) is 0.252. The van der Waals surface area contributed by atoms with Gasteiger partial charge in [0, 0.05) is 25.0 Å². The van der Waals surface area contributed by atoms with Gasteiger partial charge in [-0.15, -0.1) is 12.4 Å². The van der Waals surface area contributed by atoms with E-state index in [1.807, 2.05) is 42.5 Å². The number of pyridine rings is 1. The minimum atomic E-state index is -0.634. The monoisotopic (exact) mass is 508 g/mol. The third kappa shape index (κ3) is 7.20. The number of ether oxygens (including phenoxy) is 3. The van der Waals surface area contributed by atoms with Crippen LogP contribution in [0.1, 0.15) is 23.6 Å². The first-order valence-corrected chi connectivity index (χ1v) is 10.9. The van der Waals surface area contributed by atoms with E-state index in [-0.39, 0.29) is 30.1 Å². The van der Waals surface area contributed by atoms with E-state index in [0.29, 0.717) is 22.6 Å². The zero-order valence-electron chi connectivity index (χ0n) is 20.6. The summed E-state index contributed by atoms with van der Waals surface area (Å²) in [5, 5.41) is 2.90. The van der Waals surface area contributed by atoms with Crippen molar-refractivity contribution in [1.29, 1.82) is 0 Å². The molecular formula is C28H29ClN2O5. The largest absolute Gasteiger partial charge is 0.497 e. The fraction of sp³-hybridized carbons (Fsp3) is 0.179. The number of allylic oxidation sites excluding steroid dienone is 1. The minimum Gasteiger partial charge on any atom is -0.497 e. The smallest absolute Gasteiger partial charge is 0.338 e. The molecule has 0 bridgehead atoms. The van der Waals surface area contributed by atoms with Crippen molar-refractivity contribution in [2.75, 3.05) is 21.3 Å². The highest BCUT2D eigenvalue weighted by Crippen LogP contribution is 2.32. The first-order valence-electron chi connectivity index (χ1n) is 10.9. The summed E-state index contributed by atoms with van der Waals surface area (Å²) in [5.74, 6) is 0.0584. The number of hydrogen-bond donors (Lipinski definition) is 1. The molecule has 2 aromatic carbocycles. The predicted molar refractivity (Wildman–Crippen MR) is 142 cm³/mol. The van der Waals surface area contributed by atoms with Gasteiger partial charge in [0.1, 0.15) is 11.5 Å². The van der Waals surface area contributed by atoms with Crippen molar-refractivity contribution < 1.29 is 23.8 Å². The van der Waals surface area contributed by atoms with E-state index < -0.39 is 11.9 Å². The average molecular weight is 509 g/mol. The van der Waals surface area contributed by atoms with E-state index in [4.69, 9.17) is 14.2 Å². The molecule has 0 aliphatic rings. The van der Waals surface area contributed by atoms with Gasteiger partial charge >= 0.3 is 5.97 Å². The highest BCUT2D eigenvalue weighted by atomic mass is 35.5. The van der Waals surface area contributed by atoms with E-state index in [0.717, 1.165) is 11.1 Å². The third-order valence-electron chi connectivity index (χ3n) is 5.38. The molecule has 7 nitrogen and oxygen atoms in total. The maximum atomic E-state index is 13.5. The molecule has 1 N–H and O–H groups in total. The molecule has 0 aliphatic heterocycles. The molecule has 1 aromatic heterocycles. The van der Waals surface area contributed by atoms with Crippen LogP contribution in [-0.2, 0) is 20.9 Å². The molecule has 0 spiro atoms. The summed E-state index contributed by atoms with van der Waals surface area (Å²) in [4.78, 5) is 30.6. The second-order valence-corrected chi connectivity index (χ2v) is 7.60. The van der Waals surface area contributed by atoms with Crippen LogP contribution in [0, 0.1) is 0 Å². The first kappa shape index (κ1) is 28.1. The van der Waals surface area contributed by atoms with Gasteiger partial charge in [-0.25, -0.2) is 4.79 Å². The zero-order valence-corrected chi connectivity index (χ0v) is 21.4. The number of halogens is 1. The Kier molecular flexibility index (Phi) is 10.7. The first-order chi connectivity index (χ1) is 17.0. The number of esters is 1. The Morgan fingerprint density at radius 3 is 2.08 bits per heavy atom. The molecule has 3 rings (SSSR count). The van der Waals surface area contributed by atoms with Gasteiger partial charge in [-0.3, -0.25) is 9.78 Å². The van der Waals surface area contributed by atoms with Crippen molar-refractivity contribution >= 4 is 35.9 Å².